The summed E-state index contributed by atoms with van der Waals surface area (Å²) in [7, 11) is 0. The maximum absolute atomic E-state index is 10.5. The van der Waals surface area contributed by atoms with Crippen molar-refractivity contribution in [3.8, 4) is 0 Å². The summed E-state index contributed by atoms with van der Waals surface area (Å²) >= 11 is 1.97. The van der Waals surface area contributed by atoms with Crippen molar-refractivity contribution in [3.63, 3.8) is 0 Å². The zero-order valence-corrected chi connectivity index (χ0v) is 9.38. The molecule has 3 nitrogen and oxygen atoms in total. The molecule has 0 aliphatic carbocycles. The van der Waals surface area contributed by atoms with E-state index in [-0.39, 0.29) is 5.91 Å². The number of carbonyl (C=O) groups is 1. The Morgan fingerprint density at radius 3 is 2.69 bits per heavy atom. The quantitative estimate of drug-likeness (QED) is 0.576. The van der Waals surface area contributed by atoms with Crippen molar-refractivity contribution in [2.24, 2.45) is 0 Å². The summed E-state index contributed by atoms with van der Waals surface area (Å²) in [6.07, 6.45) is 1.21. The smallest absolute Gasteiger partial charge is 0.216 e. The van der Waals surface area contributed by atoms with Crippen molar-refractivity contribution in [3.05, 3.63) is 0 Å². The number of amides is 1. The second-order valence-corrected chi connectivity index (χ2v) is 4.18. The number of rotatable bonds is 8. The predicted octanol–water partition coefficient (Wildman–Crippen LogP) is 0.855. The molecule has 0 heterocycles. The first-order chi connectivity index (χ1) is 6.27. The van der Waals surface area contributed by atoms with Crippen LogP contribution in [0, 0.1) is 0 Å². The van der Waals surface area contributed by atoms with E-state index in [1.807, 2.05) is 11.8 Å². The second kappa shape index (κ2) is 9.86. The molecule has 0 aliphatic heterocycles. The molecule has 0 spiro atoms. The third-order valence-corrected chi connectivity index (χ3v) is 2.51. The van der Waals surface area contributed by atoms with E-state index in [9.17, 15) is 4.79 Å². The van der Waals surface area contributed by atoms with Crippen molar-refractivity contribution in [2.75, 3.05) is 31.1 Å². The summed E-state index contributed by atoms with van der Waals surface area (Å²) in [5.74, 6) is 2.47. The third kappa shape index (κ3) is 11.8. The largest absolute Gasteiger partial charge is 0.355 e. The van der Waals surface area contributed by atoms with Crippen molar-refractivity contribution < 1.29 is 4.79 Å². The van der Waals surface area contributed by atoms with E-state index < -0.39 is 0 Å². The van der Waals surface area contributed by atoms with Crippen molar-refractivity contribution in [1.29, 1.82) is 0 Å². The number of hydrogen-bond acceptors (Lipinski definition) is 3. The molecule has 0 fully saturated rings. The molecule has 0 aromatic rings. The van der Waals surface area contributed by atoms with E-state index in [4.69, 9.17) is 0 Å². The Morgan fingerprint density at radius 1 is 1.31 bits per heavy atom. The molecule has 78 valence electrons. The van der Waals surface area contributed by atoms with Crippen molar-refractivity contribution >= 4 is 17.7 Å². The van der Waals surface area contributed by atoms with Gasteiger partial charge in [0.2, 0.25) is 5.91 Å². The number of thioether (sulfide) groups is 1. The molecule has 0 bridgehead atoms. The maximum Gasteiger partial charge on any atom is 0.216 e. The Morgan fingerprint density at radius 2 is 2.08 bits per heavy atom. The summed E-state index contributed by atoms with van der Waals surface area (Å²) in [6, 6.07) is 0. The Kier molecular flexibility index (Phi) is 9.70. The van der Waals surface area contributed by atoms with E-state index in [1.165, 1.54) is 24.9 Å². The fourth-order valence-electron chi connectivity index (χ4n) is 0.895. The van der Waals surface area contributed by atoms with E-state index >= 15 is 0 Å². The third-order valence-electron chi connectivity index (χ3n) is 1.52. The molecule has 13 heavy (non-hydrogen) atoms. The van der Waals surface area contributed by atoms with E-state index in [0.29, 0.717) is 0 Å². The van der Waals surface area contributed by atoms with E-state index in [0.717, 1.165) is 19.6 Å². The molecule has 0 aromatic carbocycles. The van der Waals surface area contributed by atoms with Gasteiger partial charge in [0, 0.05) is 20.0 Å². The van der Waals surface area contributed by atoms with Crippen LogP contribution in [0.3, 0.4) is 0 Å². The lowest BCUT2D eigenvalue weighted by Crippen LogP contribution is -2.30. The van der Waals surface area contributed by atoms with Gasteiger partial charge < -0.3 is 10.6 Å². The van der Waals surface area contributed by atoms with Crippen LogP contribution in [0.1, 0.15) is 20.3 Å². The van der Waals surface area contributed by atoms with Gasteiger partial charge in [-0.25, -0.2) is 0 Å². The van der Waals surface area contributed by atoms with Crippen LogP contribution in [0.25, 0.3) is 0 Å². The lowest BCUT2D eigenvalue weighted by Gasteiger charge is -2.04. The highest BCUT2D eigenvalue weighted by atomic mass is 32.2. The minimum absolute atomic E-state index is 0.0448. The van der Waals surface area contributed by atoms with Gasteiger partial charge in [0.05, 0.1) is 0 Å². The molecule has 0 aliphatic rings. The van der Waals surface area contributed by atoms with Gasteiger partial charge in [0.1, 0.15) is 0 Å². The summed E-state index contributed by atoms with van der Waals surface area (Å²) in [5, 5.41) is 6.01. The Balaban J connectivity index is 2.87. The molecule has 0 radical (unpaired) electrons. The van der Waals surface area contributed by atoms with Gasteiger partial charge in [-0.2, -0.15) is 11.8 Å². The molecule has 2 N–H and O–H groups in total. The summed E-state index contributed by atoms with van der Waals surface area (Å²) in [4.78, 5) is 10.5. The topological polar surface area (TPSA) is 41.1 Å². The van der Waals surface area contributed by atoms with Gasteiger partial charge in [-0.3, -0.25) is 4.79 Å². The Hall–Kier alpha value is -0.220. The molecule has 0 aromatic heterocycles. The highest BCUT2D eigenvalue weighted by Gasteiger charge is 1.90. The van der Waals surface area contributed by atoms with Gasteiger partial charge >= 0.3 is 0 Å². The fraction of sp³-hybridized carbons (Fsp3) is 0.889. The molecule has 4 heteroatoms. The zero-order valence-electron chi connectivity index (χ0n) is 8.56. The molecular formula is C9H20N2OS. The molecular weight excluding hydrogens is 184 g/mol. The minimum atomic E-state index is 0.0448. The van der Waals surface area contributed by atoms with Gasteiger partial charge in [-0.1, -0.05) is 6.92 Å². The lowest BCUT2D eigenvalue weighted by atomic mass is 10.4. The van der Waals surface area contributed by atoms with Gasteiger partial charge in [-0.05, 0) is 24.5 Å². The summed E-state index contributed by atoms with van der Waals surface area (Å²) < 4.78 is 0. The first-order valence-corrected chi connectivity index (χ1v) is 5.95. The standard InChI is InChI=1S/C9H20N2OS/c1-3-13-8-4-5-10-6-7-11-9(2)12/h10H,3-8H2,1-2H3,(H,11,12). The van der Waals surface area contributed by atoms with Crippen LogP contribution in [0.5, 0.6) is 0 Å². The van der Waals surface area contributed by atoms with E-state index in [1.54, 1.807) is 0 Å². The Labute approximate surface area is 85.0 Å². The predicted molar refractivity (Wildman–Crippen MR) is 59.2 cm³/mol. The van der Waals surface area contributed by atoms with Crippen LogP contribution >= 0.6 is 11.8 Å². The van der Waals surface area contributed by atoms with Crippen LogP contribution in [-0.4, -0.2) is 37.0 Å². The molecule has 0 unspecified atom stereocenters. The first kappa shape index (κ1) is 12.8. The number of carbonyl (C=O) groups excluding carboxylic acids is 1. The normalized spacial score (nSPS) is 10.0. The molecule has 0 saturated heterocycles. The van der Waals surface area contributed by atoms with Crippen LogP contribution < -0.4 is 10.6 Å². The first-order valence-electron chi connectivity index (χ1n) is 4.80. The van der Waals surface area contributed by atoms with Crippen LogP contribution in [0.15, 0.2) is 0 Å². The molecule has 1 amide bonds. The highest BCUT2D eigenvalue weighted by molar-refractivity contribution is 7.99. The maximum atomic E-state index is 10.5. The fourth-order valence-corrected chi connectivity index (χ4v) is 1.53. The number of hydrogen-bond donors (Lipinski definition) is 2. The highest BCUT2D eigenvalue weighted by Crippen LogP contribution is 1.98. The molecule has 0 atom stereocenters. The summed E-state index contributed by atoms with van der Waals surface area (Å²) in [6.45, 7) is 6.37. The average Bonchev–Trinajstić information content (AvgIpc) is 2.09. The van der Waals surface area contributed by atoms with Gasteiger partial charge in [0.25, 0.3) is 0 Å². The van der Waals surface area contributed by atoms with Gasteiger partial charge in [-0.15, -0.1) is 0 Å². The Bertz CT molecular complexity index is 131. The second-order valence-electron chi connectivity index (χ2n) is 2.78. The van der Waals surface area contributed by atoms with E-state index in [2.05, 4.69) is 17.6 Å². The average molecular weight is 204 g/mol. The van der Waals surface area contributed by atoms with Crippen molar-refractivity contribution in [2.45, 2.75) is 20.3 Å². The monoisotopic (exact) mass is 204 g/mol. The number of nitrogens with one attached hydrogen (secondary N) is 2. The van der Waals surface area contributed by atoms with Gasteiger partial charge in [0.15, 0.2) is 0 Å². The zero-order chi connectivity index (χ0) is 9.94. The van der Waals surface area contributed by atoms with Crippen LogP contribution in [0.4, 0.5) is 0 Å². The van der Waals surface area contributed by atoms with Crippen LogP contribution in [-0.2, 0) is 4.79 Å². The SMILES string of the molecule is CCSCCCNCCNC(C)=O. The molecule has 0 saturated carbocycles. The lowest BCUT2D eigenvalue weighted by molar-refractivity contribution is -0.118. The molecule has 0 rings (SSSR count). The minimum Gasteiger partial charge on any atom is -0.355 e. The van der Waals surface area contributed by atoms with Crippen LogP contribution in [0.2, 0.25) is 0 Å². The van der Waals surface area contributed by atoms with Crippen molar-refractivity contribution in [1.82, 2.24) is 10.6 Å². The summed E-state index contributed by atoms with van der Waals surface area (Å²) in [5.41, 5.74) is 0.